The molecule has 0 aliphatic rings. The molecule has 3 rings (SSSR count). The van der Waals surface area contributed by atoms with Crippen LogP contribution in [-0.4, -0.2) is 21.4 Å². The summed E-state index contributed by atoms with van der Waals surface area (Å²) in [7, 11) is 0. The third-order valence-electron chi connectivity index (χ3n) is 3.40. The highest BCUT2D eigenvalue weighted by atomic mass is 32.2. The van der Waals surface area contributed by atoms with Gasteiger partial charge in [-0.25, -0.2) is 4.98 Å². The molecule has 2 aromatic carbocycles. The zero-order valence-electron chi connectivity index (χ0n) is 13.1. The van der Waals surface area contributed by atoms with E-state index >= 15 is 0 Å². The van der Waals surface area contributed by atoms with Crippen molar-refractivity contribution in [3.63, 3.8) is 0 Å². The van der Waals surface area contributed by atoms with Gasteiger partial charge in [0, 0.05) is 5.56 Å². The molecule has 0 amide bonds. The maximum absolute atomic E-state index is 5.99. The molecule has 116 valence electrons. The minimum Gasteiger partial charge on any atom is -0.488 e. The predicted octanol–water partition coefficient (Wildman–Crippen LogP) is 4.15. The zero-order chi connectivity index (χ0) is 16.1. The third kappa shape index (κ3) is 3.68. The molecule has 0 bridgehead atoms. The minimum atomic E-state index is 0.515. The molecule has 0 saturated heterocycles. The minimum absolute atomic E-state index is 0.515. The SMILES string of the molecule is CSc1nnc(-c2ccccc2OCc2ccccc2)c(C)n1. The summed E-state index contributed by atoms with van der Waals surface area (Å²) >= 11 is 1.48. The number of hydrogen-bond donors (Lipinski definition) is 0. The molecule has 0 radical (unpaired) electrons. The Labute approximate surface area is 140 Å². The van der Waals surface area contributed by atoms with Crippen LogP contribution in [0.3, 0.4) is 0 Å². The second-order valence-electron chi connectivity index (χ2n) is 5.00. The summed E-state index contributed by atoms with van der Waals surface area (Å²) < 4.78 is 5.99. The van der Waals surface area contributed by atoms with Crippen molar-refractivity contribution in [3.05, 3.63) is 65.9 Å². The summed E-state index contributed by atoms with van der Waals surface area (Å²) in [6.45, 7) is 2.46. The van der Waals surface area contributed by atoms with E-state index < -0.39 is 0 Å². The molecule has 0 saturated carbocycles. The van der Waals surface area contributed by atoms with E-state index in [1.54, 1.807) is 0 Å². The van der Waals surface area contributed by atoms with E-state index in [-0.39, 0.29) is 0 Å². The lowest BCUT2D eigenvalue weighted by Gasteiger charge is -2.12. The van der Waals surface area contributed by atoms with E-state index in [1.165, 1.54) is 11.8 Å². The first-order valence-electron chi connectivity index (χ1n) is 7.29. The van der Waals surface area contributed by atoms with Crippen molar-refractivity contribution in [1.29, 1.82) is 0 Å². The standard InChI is InChI=1S/C18H17N3OS/c1-13-17(20-21-18(19-13)23-2)15-10-6-7-11-16(15)22-12-14-8-4-3-5-9-14/h3-11H,12H2,1-2H3. The number of aromatic nitrogens is 3. The van der Waals surface area contributed by atoms with Gasteiger partial charge in [0.2, 0.25) is 5.16 Å². The molecule has 1 aromatic heterocycles. The number of rotatable bonds is 5. The van der Waals surface area contributed by atoms with Crippen LogP contribution in [0.5, 0.6) is 5.75 Å². The molecule has 3 aromatic rings. The second-order valence-corrected chi connectivity index (χ2v) is 5.78. The van der Waals surface area contributed by atoms with E-state index in [4.69, 9.17) is 4.74 Å². The van der Waals surface area contributed by atoms with Crippen LogP contribution in [0.25, 0.3) is 11.3 Å². The smallest absolute Gasteiger partial charge is 0.209 e. The molecule has 0 aliphatic heterocycles. The number of thioether (sulfide) groups is 1. The molecule has 0 unspecified atom stereocenters. The molecular weight excluding hydrogens is 306 g/mol. The summed E-state index contributed by atoms with van der Waals surface area (Å²) in [4.78, 5) is 4.46. The van der Waals surface area contributed by atoms with Gasteiger partial charge in [0.05, 0.1) is 5.69 Å². The Morgan fingerprint density at radius 2 is 1.70 bits per heavy atom. The number of hydrogen-bond acceptors (Lipinski definition) is 5. The van der Waals surface area contributed by atoms with Crippen LogP contribution < -0.4 is 4.74 Å². The predicted molar refractivity (Wildman–Crippen MR) is 92.6 cm³/mol. The van der Waals surface area contributed by atoms with Crippen molar-refractivity contribution in [2.75, 3.05) is 6.26 Å². The van der Waals surface area contributed by atoms with Crippen LogP contribution in [-0.2, 0) is 6.61 Å². The molecule has 4 nitrogen and oxygen atoms in total. The largest absolute Gasteiger partial charge is 0.488 e. The average molecular weight is 323 g/mol. The molecule has 5 heteroatoms. The normalized spacial score (nSPS) is 10.5. The lowest BCUT2D eigenvalue weighted by Crippen LogP contribution is -2.01. The molecule has 0 atom stereocenters. The third-order valence-corrected chi connectivity index (χ3v) is 3.94. The van der Waals surface area contributed by atoms with Crippen molar-refractivity contribution in [3.8, 4) is 17.0 Å². The number of benzene rings is 2. The molecule has 0 fully saturated rings. The van der Waals surface area contributed by atoms with E-state index in [2.05, 4.69) is 15.2 Å². The Morgan fingerprint density at radius 3 is 2.43 bits per heavy atom. The van der Waals surface area contributed by atoms with Crippen LogP contribution in [0.4, 0.5) is 0 Å². The topological polar surface area (TPSA) is 47.9 Å². The number of aryl methyl sites for hydroxylation is 1. The average Bonchev–Trinajstić information content (AvgIpc) is 2.61. The fourth-order valence-corrected chi connectivity index (χ4v) is 2.59. The van der Waals surface area contributed by atoms with Crippen molar-refractivity contribution in [1.82, 2.24) is 15.2 Å². The molecule has 0 aliphatic carbocycles. The van der Waals surface area contributed by atoms with Crippen molar-refractivity contribution in [2.45, 2.75) is 18.7 Å². The summed E-state index contributed by atoms with van der Waals surface area (Å²) in [6.07, 6.45) is 1.94. The highest BCUT2D eigenvalue weighted by molar-refractivity contribution is 7.98. The van der Waals surface area contributed by atoms with Gasteiger partial charge in [-0.05, 0) is 30.9 Å². The monoisotopic (exact) mass is 323 g/mol. The van der Waals surface area contributed by atoms with Gasteiger partial charge in [0.1, 0.15) is 18.1 Å². The van der Waals surface area contributed by atoms with Gasteiger partial charge < -0.3 is 4.74 Å². The van der Waals surface area contributed by atoms with Crippen LogP contribution >= 0.6 is 11.8 Å². The fraction of sp³-hybridized carbons (Fsp3) is 0.167. The lowest BCUT2D eigenvalue weighted by molar-refractivity contribution is 0.307. The first-order valence-corrected chi connectivity index (χ1v) is 8.52. The summed E-state index contributed by atoms with van der Waals surface area (Å²) in [5, 5.41) is 9.14. The summed E-state index contributed by atoms with van der Waals surface area (Å²) in [6, 6.07) is 17.9. The highest BCUT2D eigenvalue weighted by Crippen LogP contribution is 2.30. The molecule has 23 heavy (non-hydrogen) atoms. The van der Waals surface area contributed by atoms with Crippen molar-refractivity contribution >= 4 is 11.8 Å². The summed E-state index contributed by atoms with van der Waals surface area (Å²) in [5.41, 5.74) is 3.64. The van der Waals surface area contributed by atoms with E-state index in [1.807, 2.05) is 67.8 Å². The fourth-order valence-electron chi connectivity index (χ4n) is 2.24. The van der Waals surface area contributed by atoms with Gasteiger partial charge in [-0.1, -0.05) is 54.2 Å². The van der Waals surface area contributed by atoms with Crippen LogP contribution in [0, 0.1) is 6.92 Å². The number of ether oxygens (including phenoxy) is 1. The number of para-hydroxylation sites is 1. The Hall–Kier alpha value is -2.40. The van der Waals surface area contributed by atoms with Crippen LogP contribution in [0.1, 0.15) is 11.3 Å². The molecular formula is C18H17N3OS. The molecule has 0 N–H and O–H groups in total. The van der Waals surface area contributed by atoms with Gasteiger partial charge in [-0.2, -0.15) is 0 Å². The summed E-state index contributed by atoms with van der Waals surface area (Å²) in [5.74, 6) is 0.785. The van der Waals surface area contributed by atoms with Gasteiger partial charge in [-0.3, -0.25) is 0 Å². The van der Waals surface area contributed by atoms with Gasteiger partial charge in [0.25, 0.3) is 0 Å². The van der Waals surface area contributed by atoms with Gasteiger partial charge in [0.15, 0.2) is 0 Å². The lowest BCUT2D eigenvalue weighted by atomic mass is 10.1. The molecule has 0 spiro atoms. The van der Waals surface area contributed by atoms with Crippen LogP contribution in [0.2, 0.25) is 0 Å². The van der Waals surface area contributed by atoms with E-state index in [0.29, 0.717) is 11.8 Å². The first kappa shape index (κ1) is 15.5. The maximum Gasteiger partial charge on any atom is 0.209 e. The maximum atomic E-state index is 5.99. The number of nitrogens with zero attached hydrogens (tertiary/aromatic N) is 3. The van der Waals surface area contributed by atoms with Crippen molar-refractivity contribution in [2.24, 2.45) is 0 Å². The highest BCUT2D eigenvalue weighted by Gasteiger charge is 2.12. The van der Waals surface area contributed by atoms with Crippen LogP contribution in [0.15, 0.2) is 59.8 Å². The zero-order valence-corrected chi connectivity index (χ0v) is 13.9. The van der Waals surface area contributed by atoms with Crippen molar-refractivity contribution < 1.29 is 4.74 Å². The van der Waals surface area contributed by atoms with E-state index in [0.717, 1.165) is 28.3 Å². The Bertz CT molecular complexity index is 793. The first-order chi connectivity index (χ1) is 11.3. The molecule has 1 heterocycles. The Morgan fingerprint density at radius 1 is 0.957 bits per heavy atom. The van der Waals surface area contributed by atoms with Gasteiger partial charge >= 0.3 is 0 Å². The Balaban J connectivity index is 1.89. The van der Waals surface area contributed by atoms with Gasteiger partial charge in [-0.15, -0.1) is 10.2 Å². The quantitative estimate of drug-likeness (QED) is 0.660. The van der Waals surface area contributed by atoms with E-state index in [9.17, 15) is 0 Å². The Kier molecular flexibility index (Phi) is 4.88. The second kappa shape index (κ2) is 7.24.